The standard InChI is InChI=1S/C6H5N3O2/c1-9-3-2-5(8-9)6(11)7-4-10/h2-3H,1H3. The molecule has 0 aliphatic rings. The maximum Gasteiger partial charge on any atom is 0.308 e. The molecular formula is C6H5N3O2. The number of aliphatic imine (C=N–C) groups is 1. The third-order valence-electron chi connectivity index (χ3n) is 1.08. The van der Waals surface area contributed by atoms with E-state index in [1.165, 1.54) is 10.7 Å². The van der Waals surface area contributed by atoms with Gasteiger partial charge in [-0.2, -0.15) is 5.10 Å². The zero-order valence-electron chi connectivity index (χ0n) is 5.81. The first-order valence-corrected chi connectivity index (χ1v) is 2.86. The van der Waals surface area contributed by atoms with Gasteiger partial charge in [-0.15, -0.1) is 4.99 Å². The molecule has 0 N–H and O–H groups in total. The highest BCUT2D eigenvalue weighted by Gasteiger charge is 2.05. The van der Waals surface area contributed by atoms with Crippen molar-refractivity contribution in [3.63, 3.8) is 0 Å². The zero-order valence-corrected chi connectivity index (χ0v) is 5.81. The van der Waals surface area contributed by atoms with E-state index in [1.807, 2.05) is 0 Å². The van der Waals surface area contributed by atoms with Gasteiger partial charge in [-0.1, -0.05) is 0 Å². The first-order valence-electron chi connectivity index (χ1n) is 2.86. The van der Waals surface area contributed by atoms with Gasteiger partial charge in [0.1, 0.15) is 0 Å². The number of rotatable bonds is 1. The second kappa shape index (κ2) is 2.90. The summed E-state index contributed by atoms with van der Waals surface area (Å²) in [5, 5.41) is 3.72. The van der Waals surface area contributed by atoms with E-state index in [-0.39, 0.29) is 5.69 Å². The van der Waals surface area contributed by atoms with Gasteiger partial charge in [0.25, 0.3) is 0 Å². The lowest BCUT2D eigenvalue weighted by Gasteiger charge is -1.83. The highest BCUT2D eigenvalue weighted by Crippen LogP contribution is 1.95. The lowest BCUT2D eigenvalue weighted by atomic mass is 10.4. The topological polar surface area (TPSA) is 64.3 Å². The Bertz CT molecular complexity index is 322. The second-order valence-electron chi connectivity index (χ2n) is 1.88. The van der Waals surface area contributed by atoms with Gasteiger partial charge >= 0.3 is 5.91 Å². The van der Waals surface area contributed by atoms with Crippen LogP contribution in [0.5, 0.6) is 0 Å². The maximum atomic E-state index is 10.8. The summed E-state index contributed by atoms with van der Waals surface area (Å²) in [5.74, 6) is -0.666. The molecule has 0 aliphatic heterocycles. The van der Waals surface area contributed by atoms with Gasteiger partial charge in [0.05, 0.1) is 0 Å². The summed E-state index contributed by atoms with van der Waals surface area (Å²) >= 11 is 0. The van der Waals surface area contributed by atoms with Gasteiger partial charge in [0.2, 0.25) is 6.08 Å². The summed E-state index contributed by atoms with van der Waals surface area (Å²) < 4.78 is 1.45. The number of nitrogens with zero attached hydrogens (tertiary/aromatic N) is 3. The van der Waals surface area contributed by atoms with Gasteiger partial charge < -0.3 is 0 Å². The van der Waals surface area contributed by atoms with Crippen molar-refractivity contribution in [3.05, 3.63) is 18.0 Å². The summed E-state index contributed by atoms with van der Waals surface area (Å²) in [6.07, 6.45) is 2.74. The van der Waals surface area contributed by atoms with Crippen LogP contribution in [0.3, 0.4) is 0 Å². The Kier molecular flexibility index (Phi) is 1.94. The fourth-order valence-corrected chi connectivity index (χ4v) is 0.628. The summed E-state index contributed by atoms with van der Waals surface area (Å²) in [7, 11) is 1.67. The van der Waals surface area contributed by atoms with Crippen molar-refractivity contribution in [1.82, 2.24) is 9.78 Å². The van der Waals surface area contributed by atoms with E-state index < -0.39 is 5.91 Å². The lowest BCUT2D eigenvalue weighted by molar-refractivity contribution is 0.0997. The Hall–Kier alpha value is -1.74. The number of hydrogen-bond acceptors (Lipinski definition) is 3. The van der Waals surface area contributed by atoms with E-state index in [0.29, 0.717) is 0 Å². The number of amides is 1. The van der Waals surface area contributed by atoms with Gasteiger partial charge in [-0.25, -0.2) is 4.79 Å². The fourth-order valence-electron chi connectivity index (χ4n) is 0.628. The number of hydrogen-bond donors (Lipinski definition) is 0. The quantitative estimate of drug-likeness (QED) is 0.415. The van der Waals surface area contributed by atoms with Gasteiger partial charge in [0, 0.05) is 13.2 Å². The van der Waals surface area contributed by atoms with Gasteiger partial charge in [-0.3, -0.25) is 9.48 Å². The molecule has 0 spiro atoms. The maximum absolute atomic E-state index is 10.8. The second-order valence-corrected chi connectivity index (χ2v) is 1.88. The Morgan fingerprint density at radius 3 is 3.00 bits per heavy atom. The molecule has 0 saturated heterocycles. The molecule has 1 amide bonds. The van der Waals surface area contributed by atoms with Crippen molar-refractivity contribution in [2.45, 2.75) is 0 Å². The number of carbonyl (C=O) groups excluding carboxylic acids is 2. The molecule has 0 aliphatic carbocycles. The molecule has 1 aromatic heterocycles. The number of carbonyl (C=O) groups is 1. The Labute approximate surface area is 62.4 Å². The third-order valence-corrected chi connectivity index (χ3v) is 1.08. The highest BCUT2D eigenvalue weighted by atomic mass is 16.2. The summed E-state index contributed by atoms with van der Waals surface area (Å²) in [6, 6.07) is 1.48. The van der Waals surface area contributed by atoms with Crippen molar-refractivity contribution < 1.29 is 9.59 Å². The van der Waals surface area contributed by atoms with Crippen LogP contribution in [0.25, 0.3) is 0 Å². The number of aryl methyl sites for hydroxylation is 1. The average molecular weight is 151 g/mol. The molecule has 0 bridgehead atoms. The molecule has 5 heteroatoms. The van der Waals surface area contributed by atoms with Crippen LogP contribution in [0.4, 0.5) is 0 Å². The van der Waals surface area contributed by atoms with Crippen molar-refractivity contribution in [3.8, 4) is 0 Å². The van der Waals surface area contributed by atoms with E-state index in [0.717, 1.165) is 6.08 Å². The zero-order chi connectivity index (χ0) is 8.27. The smallest absolute Gasteiger partial charge is 0.275 e. The third kappa shape index (κ3) is 1.59. The monoisotopic (exact) mass is 151 g/mol. The molecule has 5 nitrogen and oxygen atoms in total. The van der Waals surface area contributed by atoms with Crippen LogP contribution in [0.15, 0.2) is 17.3 Å². The molecule has 0 saturated carbocycles. The van der Waals surface area contributed by atoms with E-state index in [9.17, 15) is 9.59 Å². The number of aromatic nitrogens is 2. The fraction of sp³-hybridized carbons (Fsp3) is 0.167. The van der Waals surface area contributed by atoms with Crippen LogP contribution < -0.4 is 0 Å². The predicted molar refractivity (Wildman–Crippen MR) is 35.7 cm³/mol. The molecule has 11 heavy (non-hydrogen) atoms. The first kappa shape index (κ1) is 7.37. The van der Waals surface area contributed by atoms with Crippen LogP contribution in [-0.4, -0.2) is 21.8 Å². The predicted octanol–water partition coefficient (Wildman–Crippen LogP) is -0.104. The van der Waals surface area contributed by atoms with Gasteiger partial charge in [-0.05, 0) is 6.07 Å². The van der Waals surface area contributed by atoms with E-state index in [1.54, 1.807) is 13.2 Å². The molecule has 1 aromatic rings. The Morgan fingerprint density at radius 2 is 2.55 bits per heavy atom. The molecule has 56 valence electrons. The normalized spacial score (nSPS) is 8.82. The molecule has 1 heterocycles. The molecule has 0 radical (unpaired) electrons. The van der Waals surface area contributed by atoms with Crippen LogP contribution in [0.1, 0.15) is 10.5 Å². The minimum Gasteiger partial charge on any atom is -0.275 e. The van der Waals surface area contributed by atoms with Crippen LogP contribution in [0, 0.1) is 0 Å². The largest absolute Gasteiger partial charge is 0.308 e. The molecule has 1 rings (SSSR count). The summed E-state index contributed by atoms with van der Waals surface area (Å²) in [6.45, 7) is 0. The molecule has 0 unspecified atom stereocenters. The van der Waals surface area contributed by atoms with Gasteiger partial charge in [0.15, 0.2) is 5.69 Å². The average Bonchev–Trinajstić information content (AvgIpc) is 2.36. The highest BCUT2D eigenvalue weighted by molar-refractivity contribution is 5.95. The molecule has 0 fully saturated rings. The SMILES string of the molecule is Cn1ccc(C(=O)N=C=O)n1. The Balaban J connectivity index is 2.93. The summed E-state index contributed by atoms with van der Waals surface area (Å²) in [4.78, 5) is 23.3. The van der Waals surface area contributed by atoms with Crippen LogP contribution >= 0.6 is 0 Å². The summed E-state index contributed by atoms with van der Waals surface area (Å²) in [5.41, 5.74) is 0.149. The number of isocyanates is 1. The van der Waals surface area contributed by atoms with E-state index >= 15 is 0 Å². The van der Waals surface area contributed by atoms with Crippen molar-refractivity contribution in [1.29, 1.82) is 0 Å². The lowest BCUT2D eigenvalue weighted by Crippen LogP contribution is -1.97. The minimum atomic E-state index is -0.666. The van der Waals surface area contributed by atoms with Crippen molar-refractivity contribution >= 4 is 12.0 Å². The van der Waals surface area contributed by atoms with Crippen molar-refractivity contribution in [2.24, 2.45) is 12.0 Å². The molecule has 0 atom stereocenters. The van der Waals surface area contributed by atoms with E-state index in [4.69, 9.17) is 0 Å². The van der Waals surface area contributed by atoms with E-state index in [2.05, 4.69) is 10.1 Å². The molecule has 0 aromatic carbocycles. The van der Waals surface area contributed by atoms with Crippen LogP contribution in [0.2, 0.25) is 0 Å². The minimum absolute atomic E-state index is 0.149. The first-order chi connectivity index (χ1) is 5.24. The molecular weight excluding hydrogens is 146 g/mol. The van der Waals surface area contributed by atoms with Crippen molar-refractivity contribution in [2.75, 3.05) is 0 Å². The van der Waals surface area contributed by atoms with Crippen LogP contribution in [-0.2, 0) is 11.8 Å². The Morgan fingerprint density at radius 1 is 1.82 bits per heavy atom.